The largest absolute Gasteiger partial charge is 0.454 e. The summed E-state index contributed by atoms with van der Waals surface area (Å²) >= 11 is 0. The molecular weight excluding hydrogens is 260 g/mol. The minimum atomic E-state index is -0.252. The molecule has 6 nitrogen and oxygen atoms in total. The van der Waals surface area contributed by atoms with Crippen LogP contribution in [0.25, 0.3) is 0 Å². The smallest absolute Gasteiger partial charge is 0.253 e. The molecule has 0 aromatic heterocycles. The van der Waals surface area contributed by atoms with E-state index in [2.05, 4.69) is 5.32 Å². The van der Waals surface area contributed by atoms with Crippen LogP contribution in [0.15, 0.2) is 12.1 Å². The van der Waals surface area contributed by atoms with E-state index in [1.807, 2.05) is 6.92 Å². The van der Waals surface area contributed by atoms with E-state index < -0.39 is 0 Å². The van der Waals surface area contributed by atoms with E-state index in [1.54, 1.807) is 12.1 Å². The summed E-state index contributed by atoms with van der Waals surface area (Å²) in [7, 11) is 0. The summed E-state index contributed by atoms with van der Waals surface area (Å²) in [4.78, 5) is 12.4. The normalized spacial score (nSPS) is 19.6. The SMILES string of the molecule is CC1(NC(=O)c2cc3c(cc2N)OCO3)CCOCC1. The number of rotatable bonds is 2. The van der Waals surface area contributed by atoms with Gasteiger partial charge >= 0.3 is 0 Å². The molecule has 3 N–H and O–H groups in total. The van der Waals surface area contributed by atoms with Crippen LogP contribution in [0, 0.1) is 0 Å². The molecule has 1 fully saturated rings. The lowest BCUT2D eigenvalue weighted by atomic mass is 9.92. The van der Waals surface area contributed by atoms with Crippen molar-refractivity contribution in [3.05, 3.63) is 17.7 Å². The first-order chi connectivity index (χ1) is 9.57. The first-order valence-electron chi connectivity index (χ1n) is 6.67. The molecule has 2 aliphatic heterocycles. The highest BCUT2D eigenvalue weighted by Gasteiger charge is 2.30. The summed E-state index contributed by atoms with van der Waals surface area (Å²) in [5.41, 5.74) is 6.48. The van der Waals surface area contributed by atoms with Gasteiger partial charge in [-0.2, -0.15) is 0 Å². The molecular formula is C14H18N2O4. The molecule has 1 saturated heterocycles. The van der Waals surface area contributed by atoms with Crippen molar-refractivity contribution in [1.29, 1.82) is 0 Å². The fraction of sp³-hybridized carbons (Fsp3) is 0.500. The zero-order chi connectivity index (χ0) is 14.2. The number of carbonyl (C=O) groups excluding carboxylic acids is 1. The Hall–Kier alpha value is -1.95. The molecule has 0 radical (unpaired) electrons. The Morgan fingerprint density at radius 3 is 2.60 bits per heavy atom. The van der Waals surface area contributed by atoms with Crippen LogP contribution in [-0.2, 0) is 4.74 Å². The number of carbonyl (C=O) groups is 1. The Bertz CT molecular complexity index is 538. The van der Waals surface area contributed by atoms with E-state index in [0.717, 1.165) is 12.8 Å². The lowest BCUT2D eigenvalue weighted by Gasteiger charge is -2.34. The van der Waals surface area contributed by atoms with Gasteiger partial charge in [-0.05, 0) is 25.8 Å². The van der Waals surface area contributed by atoms with Gasteiger partial charge in [0.15, 0.2) is 11.5 Å². The molecule has 0 saturated carbocycles. The molecule has 0 unspecified atom stereocenters. The number of hydrogen-bond acceptors (Lipinski definition) is 5. The lowest BCUT2D eigenvalue weighted by Crippen LogP contribution is -2.49. The third kappa shape index (κ3) is 2.38. The highest BCUT2D eigenvalue weighted by atomic mass is 16.7. The Labute approximate surface area is 117 Å². The van der Waals surface area contributed by atoms with Crippen LogP contribution in [0.4, 0.5) is 5.69 Å². The molecule has 1 aromatic rings. The molecule has 2 aliphatic rings. The standard InChI is InChI=1S/C14H18N2O4/c1-14(2-4-18-5-3-14)16-13(17)9-6-11-12(7-10(9)15)20-8-19-11/h6-7H,2-5,8,15H2,1H3,(H,16,17). The third-order valence-corrected chi connectivity index (χ3v) is 3.80. The second kappa shape index (κ2) is 4.86. The maximum absolute atomic E-state index is 12.4. The molecule has 0 aliphatic carbocycles. The zero-order valence-corrected chi connectivity index (χ0v) is 11.4. The van der Waals surface area contributed by atoms with Crippen LogP contribution in [0.5, 0.6) is 11.5 Å². The summed E-state index contributed by atoms with van der Waals surface area (Å²) in [6.45, 7) is 3.51. The van der Waals surface area contributed by atoms with E-state index in [4.69, 9.17) is 19.9 Å². The van der Waals surface area contributed by atoms with Crippen LogP contribution in [-0.4, -0.2) is 31.5 Å². The molecule has 3 rings (SSSR count). The fourth-order valence-electron chi connectivity index (χ4n) is 2.44. The molecule has 1 aromatic carbocycles. The van der Waals surface area contributed by atoms with Gasteiger partial charge in [-0.3, -0.25) is 4.79 Å². The number of anilines is 1. The molecule has 6 heteroatoms. The van der Waals surface area contributed by atoms with Crippen LogP contribution in [0.2, 0.25) is 0 Å². The number of ether oxygens (including phenoxy) is 3. The van der Waals surface area contributed by atoms with Crippen LogP contribution in [0.1, 0.15) is 30.1 Å². The molecule has 0 spiro atoms. The Kier molecular flexibility index (Phi) is 3.17. The van der Waals surface area contributed by atoms with E-state index >= 15 is 0 Å². The molecule has 0 atom stereocenters. The van der Waals surface area contributed by atoms with E-state index in [0.29, 0.717) is 36.0 Å². The van der Waals surface area contributed by atoms with Crippen molar-refractivity contribution < 1.29 is 19.0 Å². The molecule has 20 heavy (non-hydrogen) atoms. The van der Waals surface area contributed by atoms with Crippen molar-refractivity contribution in [2.45, 2.75) is 25.3 Å². The van der Waals surface area contributed by atoms with E-state index in [9.17, 15) is 4.79 Å². The molecule has 2 heterocycles. The minimum absolute atomic E-state index is 0.162. The predicted molar refractivity (Wildman–Crippen MR) is 72.9 cm³/mol. The van der Waals surface area contributed by atoms with Gasteiger partial charge in [0.25, 0.3) is 5.91 Å². The summed E-state index contributed by atoms with van der Waals surface area (Å²) in [5, 5.41) is 3.05. The first kappa shape index (κ1) is 13.1. The topological polar surface area (TPSA) is 82.8 Å². The number of nitrogen functional groups attached to an aromatic ring is 1. The van der Waals surface area contributed by atoms with Gasteiger partial charge < -0.3 is 25.3 Å². The summed E-state index contributed by atoms with van der Waals surface area (Å²) < 4.78 is 15.8. The number of benzene rings is 1. The quantitative estimate of drug-likeness (QED) is 0.797. The van der Waals surface area contributed by atoms with Gasteiger partial charge in [0.2, 0.25) is 6.79 Å². The summed E-state index contributed by atoms with van der Waals surface area (Å²) in [6.07, 6.45) is 1.59. The van der Waals surface area contributed by atoms with Gasteiger partial charge in [0.1, 0.15) is 0 Å². The third-order valence-electron chi connectivity index (χ3n) is 3.80. The van der Waals surface area contributed by atoms with Crippen molar-refractivity contribution >= 4 is 11.6 Å². The minimum Gasteiger partial charge on any atom is -0.454 e. The van der Waals surface area contributed by atoms with Crippen molar-refractivity contribution in [3.63, 3.8) is 0 Å². The van der Waals surface area contributed by atoms with Crippen molar-refractivity contribution in [2.24, 2.45) is 0 Å². The number of amides is 1. The predicted octanol–water partition coefficient (Wildman–Crippen LogP) is 1.30. The number of nitrogens with two attached hydrogens (primary N) is 1. The molecule has 108 valence electrons. The average molecular weight is 278 g/mol. The second-order valence-electron chi connectivity index (χ2n) is 5.42. The van der Waals surface area contributed by atoms with E-state index in [1.165, 1.54) is 0 Å². The number of hydrogen-bond donors (Lipinski definition) is 2. The zero-order valence-electron chi connectivity index (χ0n) is 11.4. The van der Waals surface area contributed by atoms with Gasteiger partial charge in [-0.1, -0.05) is 0 Å². The fourth-order valence-corrected chi connectivity index (χ4v) is 2.44. The maximum Gasteiger partial charge on any atom is 0.253 e. The highest BCUT2D eigenvalue weighted by molar-refractivity contribution is 6.00. The first-order valence-corrected chi connectivity index (χ1v) is 6.67. The van der Waals surface area contributed by atoms with Crippen molar-refractivity contribution in [3.8, 4) is 11.5 Å². The molecule has 1 amide bonds. The average Bonchev–Trinajstić information content (AvgIpc) is 2.85. The van der Waals surface area contributed by atoms with Crippen LogP contribution in [0.3, 0.4) is 0 Å². The second-order valence-corrected chi connectivity index (χ2v) is 5.42. The van der Waals surface area contributed by atoms with E-state index in [-0.39, 0.29) is 18.2 Å². The van der Waals surface area contributed by atoms with Gasteiger partial charge in [-0.25, -0.2) is 0 Å². The number of fused-ring (bicyclic) bond motifs is 1. The maximum atomic E-state index is 12.4. The van der Waals surface area contributed by atoms with Gasteiger partial charge in [0.05, 0.1) is 5.56 Å². The summed E-state index contributed by atoms with van der Waals surface area (Å²) in [5.74, 6) is 0.947. The van der Waals surface area contributed by atoms with Gasteiger partial charge in [-0.15, -0.1) is 0 Å². The lowest BCUT2D eigenvalue weighted by molar-refractivity contribution is 0.0423. The Morgan fingerprint density at radius 1 is 1.25 bits per heavy atom. The van der Waals surface area contributed by atoms with Gasteiger partial charge in [0, 0.05) is 30.5 Å². The number of nitrogens with one attached hydrogen (secondary N) is 1. The van der Waals surface area contributed by atoms with Crippen LogP contribution < -0.4 is 20.5 Å². The molecule has 0 bridgehead atoms. The monoisotopic (exact) mass is 278 g/mol. The summed E-state index contributed by atoms with van der Waals surface area (Å²) in [6, 6.07) is 3.26. The highest BCUT2D eigenvalue weighted by Crippen LogP contribution is 2.36. The Balaban J connectivity index is 1.80. The van der Waals surface area contributed by atoms with Crippen molar-refractivity contribution in [1.82, 2.24) is 5.32 Å². The van der Waals surface area contributed by atoms with Crippen molar-refractivity contribution in [2.75, 3.05) is 25.7 Å². The Morgan fingerprint density at radius 2 is 1.90 bits per heavy atom. The van der Waals surface area contributed by atoms with Crippen LogP contribution >= 0.6 is 0 Å².